The average Bonchev–Trinajstić information content (AvgIpc) is 2.31. The fourth-order valence-corrected chi connectivity index (χ4v) is 2.08. The molecule has 0 spiro atoms. The van der Waals surface area contributed by atoms with Gasteiger partial charge in [0.15, 0.2) is 0 Å². The van der Waals surface area contributed by atoms with Crippen molar-refractivity contribution in [3.05, 3.63) is 0 Å². The maximum atomic E-state index is 7.31. The third-order valence-corrected chi connectivity index (χ3v) is 3.41. The minimum absolute atomic E-state index is 0.0687. The molecule has 2 heteroatoms. The van der Waals surface area contributed by atoms with E-state index in [-0.39, 0.29) is 5.54 Å². The molecule has 0 amide bonds. The minimum atomic E-state index is -0.0687. The molecule has 0 aliphatic heterocycles. The van der Waals surface area contributed by atoms with E-state index in [1.807, 2.05) is 0 Å². The second-order valence-corrected chi connectivity index (χ2v) is 5.23. The third-order valence-electron chi connectivity index (χ3n) is 3.41. The van der Waals surface area contributed by atoms with E-state index >= 15 is 0 Å². The van der Waals surface area contributed by atoms with Crippen molar-refractivity contribution < 1.29 is 0 Å². The van der Waals surface area contributed by atoms with E-state index in [1.165, 1.54) is 51.4 Å². The van der Waals surface area contributed by atoms with Gasteiger partial charge < -0.3 is 0 Å². The van der Waals surface area contributed by atoms with Gasteiger partial charge in [0.25, 0.3) is 0 Å². The van der Waals surface area contributed by atoms with Gasteiger partial charge in [0.05, 0.1) is 5.54 Å². The van der Waals surface area contributed by atoms with Gasteiger partial charge in [0.1, 0.15) is 0 Å². The zero-order valence-corrected chi connectivity index (χ0v) is 11.5. The molecule has 1 N–H and O–H groups in total. The van der Waals surface area contributed by atoms with Gasteiger partial charge in [-0.15, -0.1) is 0 Å². The smallest absolute Gasteiger partial charge is 0.0785 e. The Labute approximate surface area is 102 Å². The van der Waals surface area contributed by atoms with Crippen molar-refractivity contribution in [2.24, 2.45) is 5.11 Å². The zero-order valence-electron chi connectivity index (χ0n) is 11.5. The molecule has 1 atom stereocenters. The van der Waals surface area contributed by atoms with Gasteiger partial charge in [-0.1, -0.05) is 65.2 Å². The van der Waals surface area contributed by atoms with Crippen LogP contribution in [0.5, 0.6) is 0 Å². The van der Waals surface area contributed by atoms with Crippen LogP contribution in [0.1, 0.15) is 85.0 Å². The Balaban J connectivity index is 3.57. The number of hydrogen-bond acceptors (Lipinski definition) is 2. The first-order valence-corrected chi connectivity index (χ1v) is 7.07. The normalized spacial score (nSPS) is 14.7. The van der Waals surface area contributed by atoms with E-state index in [9.17, 15) is 0 Å². The summed E-state index contributed by atoms with van der Waals surface area (Å²) in [6.45, 7) is 6.59. The standard InChI is InChI=1S/C14H30N2/c1-4-6-8-9-10-11-13-14(3,16-15)12-7-5-2/h15H,4-13H2,1-3H3. The second-order valence-electron chi connectivity index (χ2n) is 5.23. The molecule has 0 saturated heterocycles. The Hall–Kier alpha value is -0.400. The molecule has 0 aromatic heterocycles. The summed E-state index contributed by atoms with van der Waals surface area (Å²) in [6, 6.07) is 0. The van der Waals surface area contributed by atoms with Gasteiger partial charge in [-0.05, 0) is 19.8 Å². The fraction of sp³-hybridized carbons (Fsp3) is 1.00. The largest absolute Gasteiger partial charge is 0.209 e. The summed E-state index contributed by atoms with van der Waals surface area (Å²) in [4.78, 5) is 0. The highest BCUT2D eigenvalue weighted by Gasteiger charge is 2.21. The predicted molar refractivity (Wildman–Crippen MR) is 71.1 cm³/mol. The van der Waals surface area contributed by atoms with E-state index in [2.05, 4.69) is 25.9 Å². The lowest BCUT2D eigenvalue weighted by Gasteiger charge is -2.22. The van der Waals surface area contributed by atoms with Crippen molar-refractivity contribution >= 4 is 0 Å². The Bertz CT molecular complexity index is 168. The second kappa shape index (κ2) is 9.80. The highest BCUT2D eigenvalue weighted by atomic mass is 15.0. The summed E-state index contributed by atoms with van der Waals surface area (Å²) in [6.07, 6.45) is 12.6. The van der Waals surface area contributed by atoms with Gasteiger partial charge in [0, 0.05) is 0 Å². The number of nitrogens with one attached hydrogen (secondary N) is 1. The molecule has 0 bridgehead atoms. The van der Waals surface area contributed by atoms with Gasteiger partial charge >= 0.3 is 0 Å². The molecule has 0 radical (unpaired) electrons. The summed E-state index contributed by atoms with van der Waals surface area (Å²) >= 11 is 0. The molecular weight excluding hydrogens is 196 g/mol. The summed E-state index contributed by atoms with van der Waals surface area (Å²) in [5.41, 5.74) is 7.24. The molecule has 96 valence electrons. The van der Waals surface area contributed by atoms with Crippen molar-refractivity contribution in [2.45, 2.75) is 90.5 Å². The Morgan fingerprint density at radius 2 is 1.31 bits per heavy atom. The van der Waals surface area contributed by atoms with Crippen LogP contribution in [-0.2, 0) is 0 Å². The van der Waals surface area contributed by atoms with E-state index in [0.717, 1.165) is 12.8 Å². The van der Waals surface area contributed by atoms with Gasteiger partial charge in [-0.25, -0.2) is 5.53 Å². The molecule has 0 aromatic carbocycles. The van der Waals surface area contributed by atoms with Crippen molar-refractivity contribution in [2.75, 3.05) is 0 Å². The molecule has 1 unspecified atom stereocenters. The SMILES string of the molecule is CCCCCCCCC(C)(CCCC)N=N. The Morgan fingerprint density at radius 3 is 1.88 bits per heavy atom. The summed E-state index contributed by atoms with van der Waals surface area (Å²) < 4.78 is 0. The molecule has 0 aromatic rings. The van der Waals surface area contributed by atoms with Crippen molar-refractivity contribution in [1.82, 2.24) is 0 Å². The van der Waals surface area contributed by atoms with Crippen LogP contribution in [0.25, 0.3) is 0 Å². The summed E-state index contributed by atoms with van der Waals surface area (Å²) in [7, 11) is 0. The minimum Gasteiger partial charge on any atom is -0.209 e. The molecule has 0 saturated carbocycles. The van der Waals surface area contributed by atoms with Crippen molar-refractivity contribution in [3.63, 3.8) is 0 Å². The number of hydrogen-bond donors (Lipinski definition) is 1. The van der Waals surface area contributed by atoms with Crippen LogP contribution in [-0.4, -0.2) is 5.54 Å². The molecule has 2 nitrogen and oxygen atoms in total. The zero-order chi connectivity index (χ0) is 12.3. The van der Waals surface area contributed by atoms with Crippen LogP contribution in [0.15, 0.2) is 5.11 Å². The van der Waals surface area contributed by atoms with Crippen LogP contribution >= 0.6 is 0 Å². The van der Waals surface area contributed by atoms with E-state index < -0.39 is 0 Å². The molecule has 0 fully saturated rings. The lowest BCUT2D eigenvalue weighted by molar-refractivity contribution is 0.351. The molecule has 0 aliphatic carbocycles. The highest BCUT2D eigenvalue weighted by molar-refractivity contribution is 4.80. The van der Waals surface area contributed by atoms with Crippen LogP contribution in [0.2, 0.25) is 0 Å². The summed E-state index contributed by atoms with van der Waals surface area (Å²) in [5, 5.41) is 3.84. The number of rotatable bonds is 11. The molecule has 0 aliphatic rings. The number of unbranched alkanes of at least 4 members (excludes halogenated alkanes) is 6. The first-order chi connectivity index (χ1) is 7.68. The van der Waals surface area contributed by atoms with Crippen LogP contribution in [0.3, 0.4) is 0 Å². The highest BCUT2D eigenvalue weighted by Crippen LogP contribution is 2.25. The van der Waals surface area contributed by atoms with E-state index in [0.29, 0.717) is 0 Å². The van der Waals surface area contributed by atoms with E-state index in [1.54, 1.807) is 0 Å². The quantitative estimate of drug-likeness (QED) is 0.346. The van der Waals surface area contributed by atoms with Gasteiger partial charge in [0.2, 0.25) is 0 Å². The number of nitrogens with zero attached hydrogens (tertiary/aromatic N) is 1. The molecule has 16 heavy (non-hydrogen) atoms. The van der Waals surface area contributed by atoms with Crippen LogP contribution < -0.4 is 0 Å². The first-order valence-electron chi connectivity index (χ1n) is 7.07. The maximum absolute atomic E-state index is 7.31. The first kappa shape index (κ1) is 15.6. The molecular formula is C14H30N2. The van der Waals surface area contributed by atoms with Crippen molar-refractivity contribution in [3.8, 4) is 0 Å². The van der Waals surface area contributed by atoms with E-state index in [4.69, 9.17) is 5.53 Å². The lowest BCUT2D eigenvalue weighted by Crippen LogP contribution is -2.20. The van der Waals surface area contributed by atoms with Crippen LogP contribution in [0.4, 0.5) is 0 Å². The molecule has 0 heterocycles. The lowest BCUT2D eigenvalue weighted by atomic mass is 9.89. The molecule has 0 rings (SSSR count). The maximum Gasteiger partial charge on any atom is 0.0785 e. The third kappa shape index (κ3) is 7.84. The summed E-state index contributed by atoms with van der Waals surface area (Å²) in [5.74, 6) is 0. The Morgan fingerprint density at radius 1 is 0.812 bits per heavy atom. The average molecular weight is 226 g/mol. The monoisotopic (exact) mass is 226 g/mol. The van der Waals surface area contributed by atoms with Gasteiger partial charge in [-0.2, -0.15) is 5.11 Å². The van der Waals surface area contributed by atoms with Crippen LogP contribution in [0, 0.1) is 5.53 Å². The van der Waals surface area contributed by atoms with Crippen molar-refractivity contribution in [1.29, 1.82) is 5.53 Å². The fourth-order valence-electron chi connectivity index (χ4n) is 2.08. The topological polar surface area (TPSA) is 36.2 Å². The predicted octanol–water partition coefficient (Wildman–Crippen LogP) is 5.72. The Kier molecular flexibility index (Phi) is 9.55. The van der Waals surface area contributed by atoms with Gasteiger partial charge in [-0.3, -0.25) is 0 Å².